The van der Waals surface area contributed by atoms with Gasteiger partial charge in [-0.25, -0.2) is 13.2 Å². The first-order chi connectivity index (χ1) is 8.47. The number of nitrogen functional groups attached to an aromatic ring is 1. The highest BCUT2D eigenvalue weighted by molar-refractivity contribution is 5.63. The molecule has 5 heteroatoms. The predicted molar refractivity (Wildman–Crippen MR) is 65.2 cm³/mol. The molecule has 0 heterocycles. The molecule has 0 aliphatic carbocycles. The Balaban J connectivity index is 2.37. The highest BCUT2D eigenvalue weighted by Gasteiger charge is 2.11. The van der Waals surface area contributed by atoms with E-state index in [1.54, 1.807) is 6.92 Å². The number of hydrogen-bond donors (Lipinski definition) is 2. The van der Waals surface area contributed by atoms with Crippen molar-refractivity contribution in [1.29, 1.82) is 0 Å². The summed E-state index contributed by atoms with van der Waals surface area (Å²) in [5, 5.41) is 2.49. The molecule has 18 heavy (non-hydrogen) atoms. The minimum Gasteiger partial charge on any atom is -0.399 e. The monoisotopic (exact) mass is 252 g/mol. The molecular formula is C13H11F3N2. The van der Waals surface area contributed by atoms with Gasteiger partial charge in [0.25, 0.3) is 0 Å². The average molecular weight is 252 g/mol. The average Bonchev–Trinajstić information content (AvgIpc) is 2.28. The molecule has 0 aromatic heterocycles. The lowest BCUT2D eigenvalue weighted by Crippen LogP contribution is -2.00. The number of nitrogens with one attached hydrogen (secondary N) is 1. The zero-order valence-corrected chi connectivity index (χ0v) is 9.60. The van der Waals surface area contributed by atoms with Crippen LogP contribution in [0, 0.1) is 24.4 Å². The van der Waals surface area contributed by atoms with Crippen LogP contribution in [0.2, 0.25) is 0 Å². The smallest absolute Gasteiger partial charge is 0.151 e. The summed E-state index contributed by atoms with van der Waals surface area (Å²) >= 11 is 0. The molecule has 0 aliphatic rings. The van der Waals surface area contributed by atoms with E-state index < -0.39 is 17.5 Å². The SMILES string of the molecule is Cc1ccc(Nc2c(F)cc(N)cc2F)cc1F. The Labute approximate surface area is 102 Å². The van der Waals surface area contributed by atoms with Gasteiger partial charge in [-0.15, -0.1) is 0 Å². The second kappa shape index (κ2) is 4.60. The number of anilines is 3. The molecule has 2 nitrogen and oxygen atoms in total. The van der Waals surface area contributed by atoms with E-state index in [2.05, 4.69) is 5.32 Å². The fourth-order valence-corrected chi connectivity index (χ4v) is 1.53. The minimum absolute atomic E-state index is 0.00867. The Morgan fingerprint density at radius 1 is 0.944 bits per heavy atom. The van der Waals surface area contributed by atoms with Crippen LogP contribution in [0.15, 0.2) is 30.3 Å². The lowest BCUT2D eigenvalue weighted by molar-refractivity contribution is 0.591. The van der Waals surface area contributed by atoms with Gasteiger partial charge < -0.3 is 11.1 Å². The third kappa shape index (κ3) is 2.40. The zero-order valence-electron chi connectivity index (χ0n) is 9.60. The second-order valence-corrected chi connectivity index (χ2v) is 3.95. The number of benzene rings is 2. The third-order valence-corrected chi connectivity index (χ3v) is 2.51. The summed E-state index contributed by atoms with van der Waals surface area (Å²) < 4.78 is 40.3. The molecule has 2 aromatic rings. The van der Waals surface area contributed by atoms with E-state index in [-0.39, 0.29) is 17.1 Å². The van der Waals surface area contributed by atoms with Crippen molar-refractivity contribution >= 4 is 17.1 Å². The molecule has 0 unspecified atom stereocenters. The van der Waals surface area contributed by atoms with Gasteiger partial charge in [0, 0.05) is 11.4 Å². The third-order valence-electron chi connectivity index (χ3n) is 2.51. The Bertz CT molecular complexity index is 574. The number of rotatable bonds is 2. The fourth-order valence-electron chi connectivity index (χ4n) is 1.53. The number of nitrogens with two attached hydrogens (primary N) is 1. The van der Waals surface area contributed by atoms with Gasteiger partial charge in [-0.3, -0.25) is 0 Å². The van der Waals surface area contributed by atoms with Gasteiger partial charge in [0.2, 0.25) is 0 Å². The summed E-state index contributed by atoms with van der Waals surface area (Å²) in [4.78, 5) is 0. The molecular weight excluding hydrogens is 241 g/mol. The van der Waals surface area contributed by atoms with Gasteiger partial charge in [0.15, 0.2) is 11.6 Å². The number of hydrogen-bond acceptors (Lipinski definition) is 2. The topological polar surface area (TPSA) is 38.0 Å². The van der Waals surface area contributed by atoms with Gasteiger partial charge >= 0.3 is 0 Å². The Morgan fingerprint density at radius 3 is 2.11 bits per heavy atom. The maximum Gasteiger partial charge on any atom is 0.151 e. The zero-order chi connectivity index (χ0) is 13.3. The van der Waals surface area contributed by atoms with Gasteiger partial charge in [-0.05, 0) is 36.8 Å². The van der Waals surface area contributed by atoms with E-state index in [0.717, 1.165) is 12.1 Å². The Morgan fingerprint density at radius 2 is 1.56 bits per heavy atom. The van der Waals surface area contributed by atoms with Crippen LogP contribution in [0.1, 0.15) is 5.56 Å². The van der Waals surface area contributed by atoms with Crippen LogP contribution in [-0.4, -0.2) is 0 Å². The van der Waals surface area contributed by atoms with Crippen LogP contribution in [0.25, 0.3) is 0 Å². The van der Waals surface area contributed by atoms with Crippen LogP contribution in [0.4, 0.5) is 30.2 Å². The second-order valence-electron chi connectivity index (χ2n) is 3.95. The molecule has 0 aliphatic heterocycles. The van der Waals surface area contributed by atoms with Crippen LogP contribution in [0.3, 0.4) is 0 Å². The van der Waals surface area contributed by atoms with Crippen molar-refractivity contribution in [2.45, 2.75) is 6.92 Å². The van der Waals surface area contributed by atoms with Crippen molar-refractivity contribution < 1.29 is 13.2 Å². The maximum absolute atomic E-state index is 13.5. The molecule has 0 saturated carbocycles. The van der Waals surface area contributed by atoms with Gasteiger partial charge in [0.05, 0.1) is 0 Å². The fraction of sp³-hybridized carbons (Fsp3) is 0.0769. The molecule has 0 radical (unpaired) electrons. The normalized spacial score (nSPS) is 10.4. The minimum atomic E-state index is -0.825. The van der Waals surface area contributed by atoms with Crippen molar-refractivity contribution in [3.63, 3.8) is 0 Å². The van der Waals surface area contributed by atoms with Gasteiger partial charge in [0.1, 0.15) is 11.5 Å². The van der Waals surface area contributed by atoms with Crippen molar-refractivity contribution in [3.8, 4) is 0 Å². The molecule has 0 fully saturated rings. The molecule has 2 rings (SSSR count). The quantitative estimate of drug-likeness (QED) is 0.799. The molecule has 0 spiro atoms. The lowest BCUT2D eigenvalue weighted by atomic mass is 10.2. The van der Waals surface area contributed by atoms with Crippen molar-refractivity contribution in [2.24, 2.45) is 0 Å². The summed E-state index contributed by atoms with van der Waals surface area (Å²) in [5.41, 5.74) is 5.66. The largest absolute Gasteiger partial charge is 0.399 e. The van der Waals surface area contributed by atoms with Crippen molar-refractivity contribution in [2.75, 3.05) is 11.1 Å². The summed E-state index contributed by atoms with van der Waals surface area (Å²) in [6, 6.07) is 6.22. The predicted octanol–water partition coefficient (Wildman–Crippen LogP) is 3.74. The van der Waals surface area contributed by atoms with Crippen molar-refractivity contribution in [3.05, 3.63) is 53.3 Å². The molecule has 94 valence electrons. The molecule has 0 atom stereocenters. The van der Waals surface area contributed by atoms with Gasteiger partial charge in [-0.2, -0.15) is 0 Å². The standard InChI is InChI=1S/C13H11F3N2/c1-7-2-3-9(6-10(7)14)18-13-11(15)4-8(17)5-12(13)16/h2-6,18H,17H2,1H3. The van der Waals surface area contributed by atoms with E-state index in [9.17, 15) is 13.2 Å². The van der Waals surface area contributed by atoms with E-state index in [1.165, 1.54) is 18.2 Å². The summed E-state index contributed by atoms with van der Waals surface area (Å²) in [7, 11) is 0. The molecule has 2 aromatic carbocycles. The molecule has 0 saturated heterocycles. The highest BCUT2D eigenvalue weighted by Crippen LogP contribution is 2.26. The number of halogens is 3. The van der Waals surface area contributed by atoms with E-state index in [1.807, 2.05) is 0 Å². The first kappa shape index (κ1) is 12.3. The molecule has 0 bridgehead atoms. The lowest BCUT2D eigenvalue weighted by Gasteiger charge is -2.10. The van der Waals surface area contributed by atoms with Crippen molar-refractivity contribution in [1.82, 2.24) is 0 Å². The number of aryl methyl sites for hydroxylation is 1. The van der Waals surface area contributed by atoms with E-state index in [0.29, 0.717) is 5.56 Å². The van der Waals surface area contributed by atoms with E-state index >= 15 is 0 Å². The Kier molecular flexibility index (Phi) is 3.14. The van der Waals surface area contributed by atoms with E-state index in [4.69, 9.17) is 5.73 Å². The first-order valence-electron chi connectivity index (χ1n) is 5.25. The van der Waals surface area contributed by atoms with Crippen LogP contribution in [0.5, 0.6) is 0 Å². The van der Waals surface area contributed by atoms with Crippen LogP contribution < -0.4 is 11.1 Å². The first-order valence-corrected chi connectivity index (χ1v) is 5.25. The summed E-state index contributed by atoms with van der Waals surface area (Å²) in [6.45, 7) is 1.60. The maximum atomic E-state index is 13.5. The van der Waals surface area contributed by atoms with Gasteiger partial charge in [-0.1, -0.05) is 6.07 Å². The highest BCUT2D eigenvalue weighted by atomic mass is 19.1. The van der Waals surface area contributed by atoms with Crippen LogP contribution in [-0.2, 0) is 0 Å². The summed E-state index contributed by atoms with van der Waals surface area (Å²) in [6.07, 6.45) is 0. The summed E-state index contributed by atoms with van der Waals surface area (Å²) in [5.74, 6) is -2.10. The molecule has 0 amide bonds. The van der Waals surface area contributed by atoms with Crippen LogP contribution >= 0.6 is 0 Å². The Hall–Kier alpha value is -2.17. The molecule has 3 N–H and O–H groups in total.